The van der Waals surface area contributed by atoms with E-state index in [1.54, 1.807) is 31.5 Å². The number of hydrogen-bond donors (Lipinski definition) is 0. The predicted octanol–water partition coefficient (Wildman–Crippen LogP) is 2.64. The van der Waals surface area contributed by atoms with Gasteiger partial charge in [0, 0.05) is 37.0 Å². The van der Waals surface area contributed by atoms with Gasteiger partial charge in [-0.15, -0.1) is 0 Å². The predicted molar refractivity (Wildman–Crippen MR) is 83.6 cm³/mol. The van der Waals surface area contributed by atoms with E-state index in [1.165, 1.54) is 10.6 Å². The molecule has 0 fully saturated rings. The fourth-order valence-electron chi connectivity index (χ4n) is 2.56. The maximum absolute atomic E-state index is 13.8. The number of nitrogens with zero attached hydrogens (tertiary/aromatic N) is 2. The molecule has 22 heavy (non-hydrogen) atoms. The third-order valence-electron chi connectivity index (χ3n) is 3.73. The zero-order chi connectivity index (χ0) is 15.5. The molecule has 0 spiro atoms. The molecule has 0 saturated heterocycles. The van der Waals surface area contributed by atoms with Crippen LogP contribution in [0.5, 0.6) is 0 Å². The van der Waals surface area contributed by atoms with Crippen LogP contribution in [0.3, 0.4) is 0 Å². The quantitative estimate of drug-likeness (QED) is 0.726. The van der Waals surface area contributed by atoms with Gasteiger partial charge in [-0.2, -0.15) is 0 Å². The monoisotopic (exact) mass is 300 g/mol. The van der Waals surface area contributed by atoms with Crippen molar-refractivity contribution in [2.75, 3.05) is 13.7 Å². The molecule has 3 rings (SSSR count). The lowest BCUT2D eigenvalue weighted by molar-refractivity contribution is 0.188. The van der Waals surface area contributed by atoms with Crippen LogP contribution in [0.4, 0.5) is 4.39 Å². The Bertz CT molecular complexity index is 851. The molecule has 5 heteroatoms. The Kier molecular flexibility index (Phi) is 4.06. The molecule has 0 radical (unpaired) electrons. The van der Waals surface area contributed by atoms with E-state index in [1.807, 2.05) is 22.9 Å². The van der Waals surface area contributed by atoms with E-state index in [0.717, 1.165) is 5.39 Å². The largest absolute Gasteiger partial charge is 0.383 e. The van der Waals surface area contributed by atoms with E-state index >= 15 is 0 Å². The fraction of sp³-hybridized carbons (Fsp3) is 0.235. The minimum Gasteiger partial charge on any atom is -0.383 e. The van der Waals surface area contributed by atoms with Crippen LogP contribution >= 0.6 is 0 Å². The second kappa shape index (κ2) is 6.15. The molecular weight excluding hydrogens is 283 g/mol. The lowest BCUT2D eigenvalue weighted by Gasteiger charge is -2.09. The van der Waals surface area contributed by atoms with Crippen LogP contribution in [0.15, 0.2) is 53.6 Å². The van der Waals surface area contributed by atoms with Crippen LogP contribution < -0.4 is 5.56 Å². The maximum Gasteiger partial charge on any atom is 0.275 e. The van der Waals surface area contributed by atoms with Gasteiger partial charge >= 0.3 is 0 Å². The van der Waals surface area contributed by atoms with E-state index in [4.69, 9.17) is 4.74 Å². The Labute approximate surface area is 127 Å². The molecule has 114 valence electrons. The third-order valence-corrected chi connectivity index (χ3v) is 3.73. The molecule has 0 aliphatic rings. The minimum atomic E-state index is -0.302. The first-order chi connectivity index (χ1) is 10.7. The van der Waals surface area contributed by atoms with Gasteiger partial charge in [-0.1, -0.05) is 18.2 Å². The molecule has 0 amide bonds. The Balaban J connectivity index is 2.02. The van der Waals surface area contributed by atoms with Crippen LogP contribution in [0.25, 0.3) is 10.9 Å². The molecule has 0 bridgehead atoms. The molecule has 0 aliphatic heterocycles. The number of methoxy groups -OCH3 is 1. The van der Waals surface area contributed by atoms with Crippen LogP contribution in [0.2, 0.25) is 0 Å². The van der Waals surface area contributed by atoms with Crippen LogP contribution in [-0.4, -0.2) is 22.9 Å². The summed E-state index contributed by atoms with van der Waals surface area (Å²) in [5, 5.41) is 0.880. The summed E-state index contributed by atoms with van der Waals surface area (Å²) in [6.45, 7) is 1.36. The zero-order valence-electron chi connectivity index (χ0n) is 12.3. The summed E-state index contributed by atoms with van der Waals surface area (Å²) < 4.78 is 22.2. The van der Waals surface area contributed by atoms with Crippen molar-refractivity contribution >= 4 is 10.9 Å². The van der Waals surface area contributed by atoms with Gasteiger partial charge in [0.15, 0.2) is 0 Å². The molecule has 1 aromatic carbocycles. The van der Waals surface area contributed by atoms with Crippen LogP contribution in [-0.2, 0) is 17.8 Å². The van der Waals surface area contributed by atoms with Gasteiger partial charge in [0.1, 0.15) is 11.3 Å². The number of benzene rings is 1. The first-order valence-electron chi connectivity index (χ1n) is 7.11. The number of rotatable bonds is 5. The fourth-order valence-corrected chi connectivity index (χ4v) is 2.56. The average Bonchev–Trinajstić information content (AvgIpc) is 2.94. The Morgan fingerprint density at radius 2 is 1.82 bits per heavy atom. The molecule has 0 atom stereocenters. The minimum absolute atomic E-state index is 0.123. The zero-order valence-corrected chi connectivity index (χ0v) is 12.3. The van der Waals surface area contributed by atoms with E-state index in [0.29, 0.717) is 24.2 Å². The first kappa shape index (κ1) is 14.5. The molecule has 0 N–H and O–H groups in total. The van der Waals surface area contributed by atoms with Crippen molar-refractivity contribution in [2.24, 2.45) is 0 Å². The second-order valence-electron chi connectivity index (χ2n) is 5.15. The molecular formula is C17H17FN2O2. The molecule has 2 aromatic heterocycles. The molecule has 2 heterocycles. The molecule has 0 unspecified atom stereocenters. The van der Waals surface area contributed by atoms with Crippen molar-refractivity contribution in [3.8, 4) is 0 Å². The smallest absolute Gasteiger partial charge is 0.275 e. The number of hydrogen-bond acceptors (Lipinski definition) is 2. The normalized spacial score (nSPS) is 11.2. The SMILES string of the molecule is COCCn1ccc2ccn(Cc3ccccc3F)c(=O)c21. The highest BCUT2D eigenvalue weighted by Crippen LogP contribution is 2.13. The van der Waals surface area contributed by atoms with E-state index in [9.17, 15) is 9.18 Å². The van der Waals surface area contributed by atoms with Crippen molar-refractivity contribution in [3.05, 3.63) is 70.5 Å². The van der Waals surface area contributed by atoms with Crippen molar-refractivity contribution in [1.82, 2.24) is 9.13 Å². The second-order valence-corrected chi connectivity index (χ2v) is 5.15. The van der Waals surface area contributed by atoms with Gasteiger partial charge < -0.3 is 13.9 Å². The molecule has 4 nitrogen and oxygen atoms in total. The van der Waals surface area contributed by atoms with Crippen LogP contribution in [0.1, 0.15) is 5.56 Å². The standard InChI is InChI=1S/C17H17FN2O2/c1-22-11-10-19-8-6-13-7-9-20(17(21)16(13)19)12-14-4-2-3-5-15(14)18/h2-9H,10-12H2,1H3. The van der Waals surface area contributed by atoms with E-state index in [-0.39, 0.29) is 17.9 Å². The van der Waals surface area contributed by atoms with Crippen molar-refractivity contribution in [1.29, 1.82) is 0 Å². The molecule has 0 saturated carbocycles. The summed E-state index contributed by atoms with van der Waals surface area (Å²) in [7, 11) is 1.63. The van der Waals surface area contributed by atoms with Gasteiger partial charge in [0.05, 0.1) is 13.2 Å². The van der Waals surface area contributed by atoms with Crippen molar-refractivity contribution in [2.45, 2.75) is 13.1 Å². The van der Waals surface area contributed by atoms with Crippen molar-refractivity contribution in [3.63, 3.8) is 0 Å². The van der Waals surface area contributed by atoms with Gasteiger partial charge in [-0.25, -0.2) is 4.39 Å². The number of fused-ring (bicyclic) bond motifs is 1. The maximum atomic E-state index is 13.8. The number of pyridine rings is 1. The van der Waals surface area contributed by atoms with Crippen molar-refractivity contribution < 1.29 is 9.13 Å². The Morgan fingerprint density at radius 1 is 1.09 bits per heavy atom. The summed E-state index contributed by atoms with van der Waals surface area (Å²) in [6, 6.07) is 10.3. The average molecular weight is 300 g/mol. The Morgan fingerprint density at radius 3 is 2.55 bits per heavy atom. The molecule has 3 aromatic rings. The molecule has 0 aliphatic carbocycles. The highest BCUT2D eigenvalue weighted by Gasteiger charge is 2.09. The third kappa shape index (κ3) is 2.67. The topological polar surface area (TPSA) is 36.2 Å². The summed E-state index contributed by atoms with van der Waals surface area (Å²) in [5.74, 6) is -0.302. The number of ether oxygens (including phenoxy) is 1. The van der Waals surface area contributed by atoms with E-state index < -0.39 is 0 Å². The van der Waals surface area contributed by atoms with Gasteiger partial charge in [0.25, 0.3) is 5.56 Å². The van der Waals surface area contributed by atoms with Gasteiger partial charge in [0.2, 0.25) is 0 Å². The highest BCUT2D eigenvalue weighted by molar-refractivity contribution is 5.78. The summed E-state index contributed by atoms with van der Waals surface area (Å²) in [5.41, 5.74) is 0.997. The summed E-state index contributed by atoms with van der Waals surface area (Å²) in [6.07, 6.45) is 3.58. The first-order valence-corrected chi connectivity index (χ1v) is 7.11. The summed E-state index contributed by atoms with van der Waals surface area (Å²) >= 11 is 0. The van der Waals surface area contributed by atoms with Crippen LogP contribution in [0, 0.1) is 5.82 Å². The Hall–Kier alpha value is -2.40. The summed E-state index contributed by atoms with van der Waals surface area (Å²) in [4.78, 5) is 12.7. The highest BCUT2D eigenvalue weighted by atomic mass is 19.1. The lowest BCUT2D eigenvalue weighted by Crippen LogP contribution is -2.22. The lowest BCUT2D eigenvalue weighted by atomic mass is 10.2. The van der Waals surface area contributed by atoms with E-state index in [2.05, 4.69) is 0 Å². The van der Waals surface area contributed by atoms with Gasteiger partial charge in [-0.3, -0.25) is 4.79 Å². The van der Waals surface area contributed by atoms with Gasteiger partial charge in [-0.05, 0) is 18.2 Å². The number of aromatic nitrogens is 2. The number of halogens is 1.